The molecule has 1 rings (SSSR count). The third-order valence-electron chi connectivity index (χ3n) is 3.80. The van der Waals surface area contributed by atoms with Gasteiger partial charge in [0.15, 0.2) is 0 Å². The highest BCUT2D eigenvalue weighted by atomic mass is 16.1. The molecule has 1 aromatic carbocycles. The van der Waals surface area contributed by atoms with Gasteiger partial charge in [-0.1, -0.05) is 43.3 Å². The monoisotopic (exact) mass is 302 g/mol. The number of unbranched alkanes of at least 4 members (excludes halogenated alkanes) is 1. The number of amides is 1. The van der Waals surface area contributed by atoms with Crippen LogP contribution in [-0.2, 0) is 11.2 Å². The second-order valence-electron chi connectivity index (χ2n) is 6.09. The van der Waals surface area contributed by atoms with E-state index in [9.17, 15) is 4.79 Å². The summed E-state index contributed by atoms with van der Waals surface area (Å²) >= 11 is 0. The number of benzene rings is 1. The molecule has 0 spiro atoms. The summed E-state index contributed by atoms with van der Waals surface area (Å²) < 4.78 is 0. The van der Waals surface area contributed by atoms with Gasteiger partial charge < -0.3 is 10.2 Å². The van der Waals surface area contributed by atoms with E-state index in [2.05, 4.69) is 61.2 Å². The van der Waals surface area contributed by atoms with Crippen LogP contribution in [0, 0.1) is 0 Å². The second kappa shape index (κ2) is 11.0. The Hall–Kier alpha value is -1.61. The average Bonchev–Trinajstić information content (AvgIpc) is 2.51. The van der Waals surface area contributed by atoms with Gasteiger partial charge in [0.25, 0.3) is 0 Å². The van der Waals surface area contributed by atoms with Crippen molar-refractivity contribution in [1.29, 1.82) is 0 Å². The zero-order valence-corrected chi connectivity index (χ0v) is 14.1. The number of nitrogens with zero attached hydrogens (tertiary/aromatic N) is 1. The van der Waals surface area contributed by atoms with Gasteiger partial charge in [0.2, 0.25) is 5.91 Å². The molecule has 0 heterocycles. The van der Waals surface area contributed by atoms with E-state index in [1.54, 1.807) is 0 Å². The van der Waals surface area contributed by atoms with Crippen molar-refractivity contribution >= 4 is 5.91 Å². The van der Waals surface area contributed by atoms with Gasteiger partial charge in [-0.3, -0.25) is 4.79 Å². The summed E-state index contributed by atoms with van der Waals surface area (Å²) in [5.41, 5.74) is 1.39. The van der Waals surface area contributed by atoms with Crippen molar-refractivity contribution in [2.24, 2.45) is 0 Å². The number of carbonyl (C=O) groups is 1. The van der Waals surface area contributed by atoms with Crippen LogP contribution in [-0.4, -0.2) is 37.5 Å². The highest BCUT2D eigenvalue weighted by Gasteiger charge is 2.10. The third-order valence-corrected chi connectivity index (χ3v) is 3.80. The number of aryl methyl sites for hydroxylation is 1. The van der Waals surface area contributed by atoms with E-state index < -0.39 is 0 Å². The largest absolute Gasteiger partial charge is 0.350 e. The molecule has 122 valence electrons. The van der Waals surface area contributed by atoms with Crippen molar-refractivity contribution in [2.75, 3.05) is 20.6 Å². The number of carbonyl (C=O) groups excluding carboxylic acids is 1. The normalized spacial score (nSPS) is 12.1. The lowest BCUT2D eigenvalue weighted by Gasteiger charge is -2.19. The van der Waals surface area contributed by atoms with Crippen molar-refractivity contribution in [1.82, 2.24) is 10.2 Å². The molecule has 0 aliphatic heterocycles. The van der Waals surface area contributed by atoms with Crippen molar-refractivity contribution in [3.05, 3.63) is 48.6 Å². The Kier molecular flexibility index (Phi) is 9.24. The Morgan fingerprint density at radius 2 is 1.86 bits per heavy atom. The van der Waals surface area contributed by atoms with Crippen LogP contribution in [0.2, 0.25) is 0 Å². The van der Waals surface area contributed by atoms with Crippen molar-refractivity contribution in [2.45, 2.75) is 44.6 Å². The first kappa shape index (κ1) is 18.4. The molecule has 3 nitrogen and oxygen atoms in total. The van der Waals surface area contributed by atoms with Gasteiger partial charge in [-0.25, -0.2) is 0 Å². The minimum absolute atomic E-state index is 0.0575. The molecule has 22 heavy (non-hydrogen) atoms. The standard InChI is InChI=1S/C19H30N2O/c1-4-19(22)20-18(15-10-16-21(2)3)14-9-8-13-17-11-6-5-7-12-17/h4-7,11-12,18H,1,8-10,13-16H2,2-3H3,(H,20,22). The fraction of sp³-hybridized carbons (Fsp3) is 0.526. The summed E-state index contributed by atoms with van der Waals surface area (Å²) in [5, 5.41) is 3.06. The van der Waals surface area contributed by atoms with E-state index in [1.165, 1.54) is 11.6 Å². The number of rotatable bonds is 11. The molecule has 0 radical (unpaired) electrons. The first-order chi connectivity index (χ1) is 10.6. The van der Waals surface area contributed by atoms with E-state index in [1.807, 2.05) is 0 Å². The zero-order chi connectivity index (χ0) is 16.2. The van der Waals surface area contributed by atoms with E-state index in [4.69, 9.17) is 0 Å². The molecular weight excluding hydrogens is 272 g/mol. The topological polar surface area (TPSA) is 32.3 Å². The van der Waals surface area contributed by atoms with Gasteiger partial charge >= 0.3 is 0 Å². The Morgan fingerprint density at radius 1 is 1.18 bits per heavy atom. The molecule has 0 aliphatic rings. The molecule has 1 amide bonds. The zero-order valence-electron chi connectivity index (χ0n) is 14.1. The number of hydrogen-bond donors (Lipinski definition) is 1. The molecule has 3 heteroatoms. The maximum absolute atomic E-state index is 11.5. The summed E-state index contributed by atoms with van der Waals surface area (Å²) in [4.78, 5) is 13.7. The fourth-order valence-electron chi connectivity index (χ4n) is 2.57. The Labute approximate surface area is 135 Å². The minimum atomic E-state index is -0.0575. The quantitative estimate of drug-likeness (QED) is 0.502. The van der Waals surface area contributed by atoms with Gasteiger partial charge in [-0.05, 0) is 64.4 Å². The van der Waals surface area contributed by atoms with Gasteiger partial charge in [0.05, 0.1) is 0 Å². The molecular formula is C19H30N2O. The van der Waals surface area contributed by atoms with Crippen molar-refractivity contribution in [3.63, 3.8) is 0 Å². The third kappa shape index (κ3) is 8.63. The molecule has 0 bridgehead atoms. The minimum Gasteiger partial charge on any atom is -0.350 e. The molecule has 1 aromatic rings. The second-order valence-corrected chi connectivity index (χ2v) is 6.09. The molecule has 0 aromatic heterocycles. The lowest BCUT2D eigenvalue weighted by Crippen LogP contribution is -2.34. The van der Waals surface area contributed by atoms with E-state index in [0.29, 0.717) is 0 Å². The Bertz CT molecular complexity index is 428. The average molecular weight is 302 g/mol. The summed E-state index contributed by atoms with van der Waals surface area (Å²) in [7, 11) is 4.16. The van der Waals surface area contributed by atoms with Crippen LogP contribution in [0.3, 0.4) is 0 Å². The van der Waals surface area contributed by atoms with Crippen LogP contribution >= 0.6 is 0 Å². The van der Waals surface area contributed by atoms with E-state index in [-0.39, 0.29) is 11.9 Å². The summed E-state index contributed by atoms with van der Waals surface area (Å²) in [6, 6.07) is 10.8. The maximum atomic E-state index is 11.5. The Morgan fingerprint density at radius 3 is 2.50 bits per heavy atom. The van der Waals surface area contributed by atoms with Crippen LogP contribution < -0.4 is 5.32 Å². The fourth-order valence-corrected chi connectivity index (χ4v) is 2.57. The van der Waals surface area contributed by atoms with Crippen LogP contribution in [0.1, 0.15) is 37.7 Å². The van der Waals surface area contributed by atoms with Crippen LogP contribution in [0.15, 0.2) is 43.0 Å². The molecule has 0 saturated carbocycles. The van der Waals surface area contributed by atoms with Crippen molar-refractivity contribution < 1.29 is 4.79 Å². The smallest absolute Gasteiger partial charge is 0.243 e. The summed E-state index contributed by atoms with van der Waals surface area (Å²) in [6.45, 7) is 4.60. The van der Waals surface area contributed by atoms with Crippen LogP contribution in [0.4, 0.5) is 0 Å². The Balaban J connectivity index is 2.29. The molecule has 1 atom stereocenters. The van der Waals surface area contributed by atoms with E-state index >= 15 is 0 Å². The number of nitrogens with one attached hydrogen (secondary N) is 1. The van der Waals surface area contributed by atoms with Gasteiger partial charge in [0.1, 0.15) is 0 Å². The van der Waals surface area contributed by atoms with Gasteiger partial charge in [0, 0.05) is 6.04 Å². The van der Waals surface area contributed by atoms with E-state index in [0.717, 1.165) is 45.1 Å². The van der Waals surface area contributed by atoms with Crippen molar-refractivity contribution in [3.8, 4) is 0 Å². The lowest BCUT2D eigenvalue weighted by atomic mass is 10.0. The number of hydrogen-bond acceptors (Lipinski definition) is 2. The molecule has 1 N–H and O–H groups in total. The molecule has 0 aliphatic carbocycles. The summed E-state index contributed by atoms with van der Waals surface area (Å²) in [5.74, 6) is -0.0575. The molecule has 0 saturated heterocycles. The first-order valence-electron chi connectivity index (χ1n) is 8.23. The highest BCUT2D eigenvalue weighted by molar-refractivity contribution is 5.87. The van der Waals surface area contributed by atoms with Crippen LogP contribution in [0.5, 0.6) is 0 Å². The first-order valence-corrected chi connectivity index (χ1v) is 8.23. The molecule has 1 unspecified atom stereocenters. The molecule has 0 fully saturated rings. The van der Waals surface area contributed by atoms with Gasteiger partial charge in [-0.15, -0.1) is 0 Å². The van der Waals surface area contributed by atoms with Crippen LogP contribution in [0.25, 0.3) is 0 Å². The predicted molar refractivity (Wildman–Crippen MR) is 93.9 cm³/mol. The van der Waals surface area contributed by atoms with Gasteiger partial charge in [-0.2, -0.15) is 0 Å². The highest BCUT2D eigenvalue weighted by Crippen LogP contribution is 2.11. The predicted octanol–water partition coefficient (Wildman–Crippen LogP) is 3.41. The lowest BCUT2D eigenvalue weighted by molar-refractivity contribution is -0.117. The maximum Gasteiger partial charge on any atom is 0.243 e. The SMILES string of the molecule is C=CC(=O)NC(CCCCc1ccccc1)CCCN(C)C. The summed E-state index contributed by atoms with van der Waals surface area (Å²) in [6.07, 6.45) is 7.96.